The number of hydrogen-bond donors (Lipinski definition) is 0. The highest BCUT2D eigenvalue weighted by Gasteiger charge is 2.39. The van der Waals surface area contributed by atoms with E-state index in [1.54, 1.807) is 13.8 Å². The van der Waals surface area contributed by atoms with Gasteiger partial charge in [0.15, 0.2) is 0 Å². The van der Waals surface area contributed by atoms with Gasteiger partial charge in [-0.25, -0.2) is 0 Å². The summed E-state index contributed by atoms with van der Waals surface area (Å²) >= 11 is 3.15. The van der Waals surface area contributed by atoms with Gasteiger partial charge < -0.3 is 0 Å². The molecule has 0 fully saturated rings. The number of rotatable bonds is 4. The minimum absolute atomic E-state index is 0.423. The summed E-state index contributed by atoms with van der Waals surface area (Å²) in [4.78, 5) is 0. The minimum atomic E-state index is -4.04. The highest BCUT2D eigenvalue weighted by molar-refractivity contribution is 9.09. The van der Waals surface area contributed by atoms with E-state index >= 15 is 0 Å². The second-order valence-corrected chi connectivity index (χ2v) is 3.69. The van der Waals surface area contributed by atoms with Gasteiger partial charge in [0.1, 0.15) is 0 Å². The van der Waals surface area contributed by atoms with Crippen LogP contribution in [-0.4, -0.2) is 11.5 Å². The Labute approximate surface area is 79.7 Å². The number of alkyl halides is 4. The maximum Gasteiger partial charge on any atom is 0.389 e. The third-order valence-electron chi connectivity index (χ3n) is 2.36. The zero-order chi connectivity index (χ0) is 9.83. The van der Waals surface area contributed by atoms with E-state index in [9.17, 15) is 13.2 Å². The molecule has 0 saturated heterocycles. The van der Waals surface area contributed by atoms with Crippen molar-refractivity contribution in [1.29, 1.82) is 0 Å². The molecule has 0 bridgehead atoms. The summed E-state index contributed by atoms with van der Waals surface area (Å²) in [5.74, 6) is 0. The van der Waals surface area contributed by atoms with E-state index in [1.807, 2.05) is 0 Å². The Morgan fingerprint density at radius 3 is 1.58 bits per heavy atom. The fourth-order valence-electron chi connectivity index (χ4n) is 1.16. The van der Waals surface area contributed by atoms with E-state index in [2.05, 4.69) is 15.9 Å². The van der Waals surface area contributed by atoms with Crippen molar-refractivity contribution in [2.45, 2.75) is 39.3 Å². The number of hydrogen-bond acceptors (Lipinski definition) is 0. The van der Waals surface area contributed by atoms with Crippen molar-refractivity contribution < 1.29 is 13.2 Å². The predicted molar refractivity (Wildman–Crippen MR) is 47.5 cm³/mol. The van der Waals surface area contributed by atoms with Crippen molar-refractivity contribution in [3.05, 3.63) is 0 Å². The Hall–Kier alpha value is 0.270. The standard InChI is InChI=1S/C8H14BrF3/c1-3-7(4-2,6-9)5-8(10,11)12/h3-6H2,1-2H3. The van der Waals surface area contributed by atoms with Crippen LogP contribution in [0.5, 0.6) is 0 Å². The van der Waals surface area contributed by atoms with E-state index in [-0.39, 0.29) is 0 Å². The first-order valence-electron chi connectivity index (χ1n) is 4.02. The third kappa shape index (κ3) is 3.78. The van der Waals surface area contributed by atoms with Gasteiger partial charge in [0.05, 0.1) is 0 Å². The second kappa shape index (κ2) is 4.49. The van der Waals surface area contributed by atoms with E-state index in [0.717, 1.165) is 0 Å². The lowest BCUT2D eigenvalue weighted by molar-refractivity contribution is -0.156. The summed E-state index contributed by atoms with van der Waals surface area (Å²) in [5.41, 5.74) is -0.599. The predicted octanol–water partition coefficient (Wildman–Crippen LogP) is 4.14. The smallest absolute Gasteiger partial charge is 0.171 e. The summed E-state index contributed by atoms with van der Waals surface area (Å²) in [6.45, 7) is 3.60. The molecule has 0 N–H and O–H groups in total. The van der Waals surface area contributed by atoms with Crippen molar-refractivity contribution >= 4 is 15.9 Å². The lowest BCUT2D eigenvalue weighted by atomic mass is 9.81. The van der Waals surface area contributed by atoms with Gasteiger partial charge in [0.2, 0.25) is 0 Å². The van der Waals surface area contributed by atoms with Crippen molar-refractivity contribution in [1.82, 2.24) is 0 Å². The Kier molecular flexibility index (Phi) is 4.59. The first-order valence-corrected chi connectivity index (χ1v) is 5.14. The van der Waals surface area contributed by atoms with Gasteiger partial charge in [-0.05, 0) is 18.3 Å². The quantitative estimate of drug-likeness (QED) is 0.655. The van der Waals surface area contributed by atoms with Crippen LogP contribution in [0.2, 0.25) is 0 Å². The Morgan fingerprint density at radius 2 is 1.50 bits per heavy atom. The first-order chi connectivity index (χ1) is 5.39. The van der Waals surface area contributed by atoms with Crippen LogP contribution in [0.15, 0.2) is 0 Å². The van der Waals surface area contributed by atoms with Crippen LogP contribution in [0, 0.1) is 5.41 Å². The van der Waals surface area contributed by atoms with Crippen LogP contribution in [0.1, 0.15) is 33.1 Å². The average Bonchev–Trinajstić information content (AvgIpc) is 1.99. The fourth-order valence-corrected chi connectivity index (χ4v) is 2.15. The molecule has 0 aliphatic rings. The normalized spacial score (nSPS) is 13.5. The van der Waals surface area contributed by atoms with Gasteiger partial charge in [0.25, 0.3) is 0 Å². The molecule has 0 amide bonds. The number of halogens is 4. The maximum atomic E-state index is 12.1. The highest BCUT2D eigenvalue weighted by atomic mass is 79.9. The molecule has 0 atom stereocenters. The molecule has 0 aromatic heterocycles. The molecule has 0 rings (SSSR count). The van der Waals surface area contributed by atoms with Crippen LogP contribution in [0.3, 0.4) is 0 Å². The molecule has 0 aliphatic heterocycles. The van der Waals surface area contributed by atoms with E-state index in [4.69, 9.17) is 0 Å². The van der Waals surface area contributed by atoms with Crippen LogP contribution in [-0.2, 0) is 0 Å². The Morgan fingerprint density at radius 1 is 1.08 bits per heavy atom. The van der Waals surface area contributed by atoms with Crippen LogP contribution in [0.25, 0.3) is 0 Å². The van der Waals surface area contributed by atoms with Crippen molar-refractivity contribution in [2.24, 2.45) is 5.41 Å². The molecule has 0 unspecified atom stereocenters. The lowest BCUT2D eigenvalue weighted by Crippen LogP contribution is -2.28. The monoisotopic (exact) mass is 246 g/mol. The van der Waals surface area contributed by atoms with E-state index < -0.39 is 18.0 Å². The Balaban J connectivity index is 4.30. The van der Waals surface area contributed by atoms with E-state index in [0.29, 0.717) is 18.2 Å². The lowest BCUT2D eigenvalue weighted by Gasteiger charge is -2.30. The molecule has 12 heavy (non-hydrogen) atoms. The maximum absolute atomic E-state index is 12.1. The average molecular weight is 247 g/mol. The molecule has 0 aromatic carbocycles. The molecule has 4 heteroatoms. The van der Waals surface area contributed by atoms with Crippen LogP contribution >= 0.6 is 15.9 Å². The summed E-state index contributed by atoms with van der Waals surface area (Å²) in [6, 6.07) is 0. The second-order valence-electron chi connectivity index (χ2n) is 3.13. The van der Waals surface area contributed by atoms with Gasteiger partial charge in [-0.2, -0.15) is 13.2 Å². The van der Waals surface area contributed by atoms with E-state index in [1.165, 1.54) is 0 Å². The van der Waals surface area contributed by atoms with Gasteiger partial charge >= 0.3 is 6.18 Å². The van der Waals surface area contributed by atoms with Gasteiger partial charge in [0, 0.05) is 11.8 Å². The van der Waals surface area contributed by atoms with Crippen molar-refractivity contribution in [2.75, 3.05) is 5.33 Å². The summed E-state index contributed by atoms with van der Waals surface area (Å²) in [5, 5.41) is 0.423. The van der Waals surface area contributed by atoms with Gasteiger partial charge in [-0.1, -0.05) is 29.8 Å². The first kappa shape index (κ1) is 12.3. The molecule has 74 valence electrons. The van der Waals surface area contributed by atoms with Crippen LogP contribution < -0.4 is 0 Å². The molecule has 0 heterocycles. The molecule has 0 spiro atoms. The molecule has 0 nitrogen and oxygen atoms in total. The van der Waals surface area contributed by atoms with Crippen LogP contribution in [0.4, 0.5) is 13.2 Å². The topological polar surface area (TPSA) is 0 Å². The largest absolute Gasteiger partial charge is 0.389 e. The third-order valence-corrected chi connectivity index (χ3v) is 3.55. The zero-order valence-corrected chi connectivity index (χ0v) is 8.93. The molecular formula is C8H14BrF3. The highest BCUT2D eigenvalue weighted by Crippen LogP contribution is 2.40. The molecule has 0 aromatic rings. The summed E-state index contributed by atoms with van der Waals surface area (Å²) < 4.78 is 36.3. The minimum Gasteiger partial charge on any atom is -0.171 e. The molecular weight excluding hydrogens is 233 g/mol. The SMILES string of the molecule is CCC(CC)(CBr)CC(F)(F)F. The van der Waals surface area contributed by atoms with Gasteiger partial charge in [-0.15, -0.1) is 0 Å². The zero-order valence-electron chi connectivity index (χ0n) is 7.34. The Bertz CT molecular complexity index is 118. The molecule has 0 radical (unpaired) electrons. The molecule has 0 aliphatic carbocycles. The van der Waals surface area contributed by atoms with Gasteiger partial charge in [-0.3, -0.25) is 0 Å². The van der Waals surface area contributed by atoms with Crippen molar-refractivity contribution in [3.63, 3.8) is 0 Å². The van der Waals surface area contributed by atoms with Crippen molar-refractivity contribution in [3.8, 4) is 0 Å². The summed E-state index contributed by atoms with van der Waals surface area (Å²) in [7, 11) is 0. The fraction of sp³-hybridized carbons (Fsp3) is 1.00. The molecule has 0 saturated carbocycles. The summed E-state index contributed by atoms with van der Waals surface area (Å²) in [6.07, 6.45) is -3.60.